The fourth-order valence-corrected chi connectivity index (χ4v) is 5.32. The second-order valence-corrected chi connectivity index (χ2v) is 9.83. The highest BCUT2D eigenvalue weighted by Crippen LogP contribution is 2.37. The summed E-state index contributed by atoms with van der Waals surface area (Å²) in [6.45, 7) is 0.245. The zero-order valence-electron chi connectivity index (χ0n) is 18.2. The zero-order chi connectivity index (χ0) is 24.6. The van der Waals surface area contributed by atoms with Crippen molar-refractivity contribution in [1.29, 1.82) is 0 Å². The molecule has 0 atom stereocenters. The van der Waals surface area contributed by atoms with Gasteiger partial charge in [0.05, 0.1) is 24.7 Å². The fourth-order valence-electron chi connectivity index (χ4n) is 4.85. The largest absolute Gasteiger partial charge is 0.481 e. The maximum absolute atomic E-state index is 13.7. The van der Waals surface area contributed by atoms with Gasteiger partial charge in [-0.25, -0.2) is 0 Å². The summed E-state index contributed by atoms with van der Waals surface area (Å²) in [6, 6.07) is 4.78. The molecule has 1 aromatic carbocycles. The number of alkyl halides is 3. The minimum absolute atomic E-state index is 0.0235. The number of halogens is 5. The molecule has 1 N–H and O–H groups in total. The molecule has 184 valence electrons. The van der Waals surface area contributed by atoms with Crippen LogP contribution in [0, 0.1) is 11.8 Å². The standard InChI is InChI=1S/C23H24Cl2F3N3O3/c24-16-6-5-15(18(25)10-16)11-31-19-12-30(8-7-17(19)21(29-31)23(26,27)28)20(32)9-13-1-3-14(4-2-13)22(33)34/h5-6,10,13-14H,1-4,7-9,11-12H2,(H,33,34)/t13-,14-. The van der Waals surface area contributed by atoms with E-state index in [0.29, 0.717) is 47.0 Å². The van der Waals surface area contributed by atoms with Gasteiger partial charge in [0.25, 0.3) is 0 Å². The number of carboxylic acids is 1. The third-order valence-corrected chi connectivity index (χ3v) is 7.34. The van der Waals surface area contributed by atoms with Crippen molar-refractivity contribution in [2.75, 3.05) is 6.54 Å². The number of rotatable bonds is 5. The Morgan fingerprint density at radius 1 is 1.15 bits per heavy atom. The van der Waals surface area contributed by atoms with E-state index in [0.717, 1.165) is 0 Å². The molecule has 4 rings (SSSR count). The maximum Gasteiger partial charge on any atom is 0.435 e. The van der Waals surface area contributed by atoms with Crippen LogP contribution in [0.15, 0.2) is 18.2 Å². The van der Waals surface area contributed by atoms with Gasteiger partial charge in [-0.05, 0) is 55.7 Å². The Morgan fingerprint density at radius 2 is 1.85 bits per heavy atom. The quantitative estimate of drug-likeness (QED) is 0.574. The van der Waals surface area contributed by atoms with Crippen LogP contribution >= 0.6 is 23.2 Å². The van der Waals surface area contributed by atoms with E-state index >= 15 is 0 Å². The molecule has 1 saturated carbocycles. The number of carbonyl (C=O) groups is 2. The number of aromatic nitrogens is 2. The number of hydrogen-bond acceptors (Lipinski definition) is 3. The van der Waals surface area contributed by atoms with Crippen molar-refractivity contribution in [3.63, 3.8) is 0 Å². The van der Waals surface area contributed by atoms with Gasteiger partial charge in [-0.15, -0.1) is 0 Å². The summed E-state index contributed by atoms with van der Waals surface area (Å²) in [5.74, 6) is -1.20. The van der Waals surface area contributed by atoms with Gasteiger partial charge in [0.1, 0.15) is 0 Å². The van der Waals surface area contributed by atoms with Gasteiger partial charge < -0.3 is 10.0 Å². The van der Waals surface area contributed by atoms with Crippen LogP contribution in [0.2, 0.25) is 10.0 Å². The van der Waals surface area contributed by atoms with Gasteiger partial charge in [-0.1, -0.05) is 29.3 Å². The van der Waals surface area contributed by atoms with Crippen molar-refractivity contribution in [3.05, 3.63) is 50.8 Å². The van der Waals surface area contributed by atoms with Crippen molar-refractivity contribution in [2.24, 2.45) is 11.8 Å². The van der Waals surface area contributed by atoms with Crippen molar-refractivity contribution in [2.45, 2.75) is 57.8 Å². The van der Waals surface area contributed by atoms with Gasteiger partial charge in [0.2, 0.25) is 5.91 Å². The molecule has 0 spiro atoms. The second-order valence-electron chi connectivity index (χ2n) is 8.99. The summed E-state index contributed by atoms with van der Waals surface area (Å²) in [5, 5.41) is 13.8. The van der Waals surface area contributed by atoms with Gasteiger partial charge in [0, 0.05) is 28.6 Å². The van der Waals surface area contributed by atoms with E-state index in [1.807, 2.05) is 0 Å². The van der Waals surface area contributed by atoms with E-state index < -0.39 is 17.8 Å². The summed E-state index contributed by atoms with van der Waals surface area (Å²) >= 11 is 12.2. The molecule has 1 aromatic heterocycles. The highest BCUT2D eigenvalue weighted by atomic mass is 35.5. The van der Waals surface area contributed by atoms with E-state index in [1.165, 1.54) is 10.7 Å². The average molecular weight is 518 g/mol. The molecular weight excluding hydrogens is 494 g/mol. The number of fused-ring (bicyclic) bond motifs is 1. The summed E-state index contributed by atoms with van der Waals surface area (Å²) in [4.78, 5) is 25.7. The van der Waals surface area contributed by atoms with Crippen molar-refractivity contribution >= 4 is 35.1 Å². The molecule has 1 fully saturated rings. The predicted molar refractivity (Wildman–Crippen MR) is 120 cm³/mol. The Balaban J connectivity index is 1.52. The Morgan fingerprint density at radius 3 is 2.47 bits per heavy atom. The van der Waals surface area contributed by atoms with Gasteiger partial charge in [0.15, 0.2) is 5.69 Å². The lowest BCUT2D eigenvalue weighted by Gasteiger charge is -2.31. The first-order valence-corrected chi connectivity index (χ1v) is 11.9. The molecule has 2 aromatic rings. The molecule has 0 bridgehead atoms. The first kappa shape index (κ1) is 24.9. The molecule has 1 amide bonds. The zero-order valence-corrected chi connectivity index (χ0v) is 19.8. The molecule has 0 radical (unpaired) electrons. The van der Waals surface area contributed by atoms with Gasteiger partial charge >= 0.3 is 12.1 Å². The Bertz CT molecular complexity index is 1100. The van der Waals surface area contributed by atoms with Crippen LogP contribution in [0.5, 0.6) is 0 Å². The maximum atomic E-state index is 13.7. The number of carboxylic acid groups (broad SMARTS) is 1. The van der Waals surface area contributed by atoms with Gasteiger partial charge in [-0.2, -0.15) is 18.3 Å². The molecule has 6 nitrogen and oxygen atoms in total. The minimum atomic E-state index is -4.60. The van der Waals surface area contributed by atoms with Crippen LogP contribution in [-0.2, 0) is 35.3 Å². The van der Waals surface area contributed by atoms with Crippen LogP contribution in [0.3, 0.4) is 0 Å². The Labute approximate surface area is 204 Å². The van der Waals surface area contributed by atoms with Crippen LogP contribution < -0.4 is 0 Å². The van der Waals surface area contributed by atoms with E-state index in [9.17, 15) is 22.8 Å². The first-order valence-electron chi connectivity index (χ1n) is 11.1. The summed E-state index contributed by atoms with van der Waals surface area (Å²) in [7, 11) is 0. The lowest BCUT2D eigenvalue weighted by Crippen LogP contribution is -2.38. The number of nitrogens with zero attached hydrogens (tertiary/aromatic N) is 3. The third kappa shape index (κ3) is 5.35. The van der Waals surface area contributed by atoms with E-state index in [4.69, 9.17) is 28.3 Å². The average Bonchev–Trinajstić information content (AvgIpc) is 3.14. The Kier molecular flexibility index (Phi) is 7.14. The number of carbonyl (C=O) groups excluding carboxylic acids is 1. The van der Waals surface area contributed by atoms with Crippen molar-refractivity contribution < 1.29 is 27.9 Å². The third-order valence-electron chi connectivity index (χ3n) is 6.75. The first-order chi connectivity index (χ1) is 16.0. The molecular formula is C23H24Cl2F3N3O3. The fraction of sp³-hybridized carbons (Fsp3) is 0.522. The summed E-state index contributed by atoms with van der Waals surface area (Å²) in [5.41, 5.74) is 0.117. The van der Waals surface area contributed by atoms with Crippen LogP contribution in [0.25, 0.3) is 0 Å². The topological polar surface area (TPSA) is 75.4 Å². The molecule has 2 heterocycles. The monoisotopic (exact) mass is 517 g/mol. The molecule has 0 unspecified atom stereocenters. The summed E-state index contributed by atoms with van der Waals surface area (Å²) in [6.07, 6.45) is -1.86. The molecule has 2 aliphatic rings. The van der Waals surface area contributed by atoms with Crippen molar-refractivity contribution in [1.82, 2.24) is 14.7 Å². The lowest BCUT2D eigenvalue weighted by molar-refractivity contribution is -0.143. The number of aliphatic carboxylic acids is 1. The number of amides is 1. The van der Waals surface area contributed by atoms with Crippen molar-refractivity contribution in [3.8, 4) is 0 Å². The molecule has 34 heavy (non-hydrogen) atoms. The van der Waals surface area contributed by atoms with E-state index in [-0.39, 0.29) is 55.8 Å². The molecule has 1 aliphatic heterocycles. The highest BCUT2D eigenvalue weighted by molar-refractivity contribution is 6.35. The predicted octanol–water partition coefficient (Wildman–Crippen LogP) is 5.42. The summed E-state index contributed by atoms with van der Waals surface area (Å²) < 4.78 is 42.3. The SMILES string of the molecule is O=C(C[C@H]1CC[C@H](C(=O)O)CC1)N1CCc2c(C(F)(F)F)nn(Cc3ccc(Cl)cc3Cl)c2C1. The number of benzene rings is 1. The normalized spacial score (nSPS) is 20.8. The lowest BCUT2D eigenvalue weighted by atomic mass is 9.80. The Hall–Kier alpha value is -2.26. The van der Waals surface area contributed by atoms with Crippen LogP contribution in [0.4, 0.5) is 13.2 Å². The second kappa shape index (κ2) is 9.77. The molecule has 11 heteroatoms. The van der Waals surface area contributed by atoms with E-state index in [2.05, 4.69) is 5.10 Å². The highest BCUT2D eigenvalue weighted by Gasteiger charge is 2.41. The molecule has 0 saturated heterocycles. The van der Waals surface area contributed by atoms with Crippen LogP contribution in [-0.4, -0.2) is 38.2 Å². The molecule has 1 aliphatic carbocycles. The van der Waals surface area contributed by atoms with E-state index in [1.54, 1.807) is 17.0 Å². The minimum Gasteiger partial charge on any atom is -0.481 e. The smallest absolute Gasteiger partial charge is 0.435 e. The number of hydrogen-bond donors (Lipinski definition) is 1. The van der Waals surface area contributed by atoms with Gasteiger partial charge in [-0.3, -0.25) is 14.3 Å². The van der Waals surface area contributed by atoms with Crippen LogP contribution in [0.1, 0.15) is 54.6 Å².